The summed E-state index contributed by atoms with van der Waals surface area (Å²) in [6.07, 6.45) is 2.30. The van der Waals surface area contributed by atoms with Gasteiger partial charge in [-0.3, -0.25) is 0 Å². The Morgan fingerprint density at radius 3 is 3.08 bits per heavy atom. The lowest BCUT2D eigenvalue weighted by molar-refractivity contribution is 0.0702. The highest BCUT2D eigenvalue weighted by Gasteiger charge is 2.18. The predicted octanol–water partition coefficient (Wildman–Crippen LogP) is 1.87. The smallest absolute Gasteiger partial charge is 0.345 e. The van der Waals surface area contributed by atoms with Crippen LogP contribution in [0, 0.1) is 0 Å². The zero-order valence-electron chi connectivity index (χ0n) is 7.12. The van der Waals surface area contributed by atoms with E-state index >= 15 is 0 Å². The van der Waals surface area contributed by atoms with Gasteiger partial charge in [0, 0.05) is 6.04 Å². The highest BCUT2D eigenvalue weighted by atomic mass is 32.1. The number of thiophene rings is 1. The van der Waals surface area contributed by atoms with Crippen LogP contribution in [-0.4, -0.2) is 17.6 Å². The van der Waals surface area contributed by atoms with Crippen molar-refractivity contribution in [3.63, 3.8) is 0 Å². The van der Waals surface area contributed by atoms with E-state index in [1.165, 1.54) is 17.8 Å². The summed E-state index contributed by atoms with van der Waals surface area (Å²) in [4.78, 5) is 11.1. The van der Waals surface area contributed by atoms with Crippen LogP contribution in [0.1, 0.15) is 34.1 Å². The van der Waals surface area contributed by atoms with Crippen LogP contribution >= 0.6 is 11.3 Å². The van der Waals surface area contributed by atoms with E-state index in [0.29, 0.717) is 10.9 Å². The van der Waals surface area contributed by atoms with Crippen molar-refractivity contribution in [2.75, 3.05) is 6.54 Å². The zero-order valence-corrected chi connectivity index (χ0v) is 7.93. The summed E-state index contributed by atoms with van der Waals surface area (Å²) in [7, 11) is 0. The molecule has 2 rings (SSSR count). The van der Waals surface area contributed by atoms with Crippen LogP contribution < -0.4 is 5.32 Å². The van der Waals surface area contributed by atoms with Gasteiger partial charge in [0.2, 0.25) is 0 Å². The first-order chi connectivity index (χ1) is 6.27. The van der Waals surface area contributed by atoms with Crippen molar-refractivity contribution < 1.29 is 9.90 Å². The van der Waals surface area contributed by atoms with E-state index in [2.05, 4.69) is 5.32 Å². The van der Waals surface area contributed by atoms with Crippen LogP contribution in [0.3, 0.4) is 0 Å². The molecule has 3 nitrogen and oxygen atoms in total. The highest BCUT2D eigenvalue weighted by Crippen LogP contribution is 2.27. The van der Waals surface area contributed by atoms with E-state index in [1.807, 2.05) is 5.38 Å². The molecule has 1 aliphatic heterocycles. The Kier molecular flexibility index (Phi) is 2.33. The molecule has 2 heterocycles. The topological polar surface area (TPSA) is 49.3 Å². The molecule has 1 unspecified atom stereocenters. The monoisotopic (exact) mass is 197 g/mol. The van der Waals surface area contributed by atoms with E-state index in [9.17, 15) is 4.79 Å². The van der Waals surface area contributed by atoms with Crippen molar-refractivity contribution in [1.29, 1.82) is 0 Å². The predicted molar refractivity (Wildman–Crippen MR) is 51.3 cm³/mol. The van der Waals surface area contributed by atoms with Gasteiger partial charge >= 0.3 is 5.97 Å². The third-order valence-electron chi connectivity index (χ3n) is 2.29. The van der Waals surface area contributed by atoms with Crippen molar-refractivity contribution in [1.82, 2.24) is 5.32 Å². The SMILES string of the molecule is O=C(O)c1cc(C2CCCN2)cs1. The second-order valence-corrected chi connectivity index (χ2v) is 4.11. The lowest BCUT2D eigenvalue weighted by Gasteiger charge is -2.05. The van der Waals surface area contributed by atoms with Crippen LogP contribution in [0.5, 0.6) is 0 Å². The summed E-state index contributed by atoms with van der Waals surface area (Å²) in [5.41, 5.74) is 1.12. The Labute approximate surface area is 80.4 Å². The first-order valence-electron chi connectivity index (χ1n) is 4.32. The van der Waals surface area contributed by atoms with Crippen LogP contribution in [0.25, 0.3) is 0 Å². The van der Waals surface area contributed by atoms with Crippen molar-refractivity contribution in [3.8, 4) is 0 Å². The summed E-state index contributed by atoms with van der Waals surface area (Å²) >= 11 is 1.30. The maximum atomic E-state index is 10.6. The van der Waals surface area contributed by atoms with Crippen molar-refractivity contribution in [2.45, 2.75) is 18.9 Å². The molecule has 2 N–H and O–H groups in total. The number of rotatable bonds is 2. The van der Waals surface area contributed by atoms with Crippen LogP contribution in [0.4, 0.5) is 0 Å². The first kappa shape index (κ1) is 8.72. The second-order valence-electron chi connectivity index (χ2n) is 3.20. The quantitative estimate of drug-likeness (QED) is 0.761. The van der Waals surface area contributed by atoms with E-state index in [0.717, 1.165) is 18.5 Å². The van der Waals surface area contributed by atoms with Gasteiger partial charge in [-0.15, -0.1) is 11.3 Å². The standard InChI is InChI=1S/C9H11NO2S/c11-9(12)8-4-6(5-13-8)7-2-1-3-10-7/h4-5,7,10H,1-3H2,(H,11,12). The Morgan fingerprint density at radius 1 is 1.69 bits per heavy atom. The number of carbonyl (C=O) groups is 1. The molecule has 1 atom stereocenters. The Balaban J connectivity index is 2.16. The summed E-state index contributed by atoms with van der Waals surface area (Å²) in [5, 5.41) is 14.0. The third kappa shape index (κ3) is 1.73. The molecular formula is C9H11NO2S. The highest BCUT2D eigenvalue weighted by molar-refractivity contribution is 7.12. The molecule has 13 heavy (non-hydrogen) atoms. The van der Waals surface area contributed by atoms with Gasteiger partial charge in [-0.05, 0) is 36.4 Å². The van der Waals surface area contributed by atoms with Gasteiger partial charge in [-0.25, -0.2) is 4.79 Å². The average molecular weight is 197 g/mol. The Morgan fingerprint density at radius 2 is 2.54 bits per heavy atom. The minimum absolute atomic E-state index is 0.379. The molecule has 1 saturated heterocycles. The van der Waals surface area contributed by atoms with Crippen molar-refractivity contribution in [3.05, 3.63) is 21.9 Å². The first-order valence-corrected chi connectivity index (χ1v) is 5.20. The fourth-order valence-electron chi connectivity index (χ4n) is 1.61. The molecule has 70 valence electrons. The van der Waals surface area contributed by atoms with E-state index in [-0.39, 0.29) is 0 Å². The van der Waals surface area contributed by atoms with Gasteiger partial charge in [-0.1, -0.05) is 0 Å². The van der Waals surface area contributed by atoms with Gasteiger partial charge < -0.3 is 10.4 Å². The molecule has 0 saturated carbocycles. The van der Waals surface area contributed by atoms with Crippen LogP contribution in [-0.2, 0) is 0 Å². The lowest BCUT2D eigenvalue weighted by Crippen LogP contribution is -2.11. The molecule has 4 heteroatoms. The molecular weight excluding hydrogens is 186 g/mol. The zero-order chi connectivity index (χ0) is 9.26. The molecule has 0 amide bonds. The molecule has 0 radical (unpaired) electrons. The second kappa shape index (κ2) is 3.47. The normalized spacial score (nSPS) is 22.0. The minimum Gasteiger partial charge on any atom is -0.477 e. The summed E-state index contributed by atoms with van der Waals surface area (Å²) in [5.74, 6) is -0.825. The molecule has 1 fully saturated rings. The van der Waals surface area contributed by atoms with Crippen molar-refractivity contribution in [2.24, 2.45) is 0 Å². The van der Waals surface area contributed by atoms with Gasteiger partial charge in [0.1, 0.15) is 4.88 Å². The summed E-state index contributed by atoms with van der Waals surface area (Å²) in [6, 6.07) is 2.15. The molecule has 1 aromatic heterocycles. The molecule has 0 bridgehead atoms. The van der Waals surface area contributed by atoms with Crippen molar-refractivity contribution >= 4 is 17.3 Å². The summed E-state index contributed by atoms with van der Waals surface area (Å²) in [6.45, 7) is 1.04. The molecule has 0 aliphatic carbocycles. The lowest BCUT2D eigenvalue weighted by atomic mass is 10.1. The minimum atomic E-state index is -0.825. The van der Waals surface area contributed by atoms with Gasteiger partial charge in [-0.2, -0.15) is 0 Å². The van der Waals surface area contributed by atoms with Crippen LogP contribution in [0.15, 0.2) is 11.4 Å². The van der Waals surface area contributed by atoms with Gasteiger partial charge in [0.05, 0.1) is 0 Å². The molecule has 1 aromatic rings. The number of carboxylic acid groups (broad SMARTS) is 1. The maximum Gasteiger partial charge on any atom is 0.345 e. The number of nitrogens with one attached hydrogen (secondary N) is 1. The number of hydrogen-bond acceptors (Lipinski definition) is 3. The molecule has 0 spiro atoms. The Bertz CT molecular complexity index is 315. The number of hydrogen-bond donors (Lipinski definition) is 2. The van der Waals surface area contributed by atoms with Gasteiger partial charge in [0.25, 0.3) is 0 Å². The summed E-state index contributed by atoms with van der Waals surface area (Å²) < 4.78 is 0. The number of aromatic carboxylic acids is 1. The third-order valence-corrected chi connectivity index (χ3v) is 3.23. The van der Waals surface area contributed by atoms with Gasteiger partial charge in [0.15, 0.2) is 0 Å². The van der Waals surface area contributed by atoms with E-state index in [4.69, 9.17) is 5.11 Å². The number of carboxylic acids is 1. The van der Waals surface area contributed by atoms with E-state index < -0.39 is 5.97 Å². The fourth-order valence-corrected chi connectivity index (χ4v) is 2.42. The molecule has 0 aromatic carbocycles. The fraction of sp³-hybridized carbons (Fsp3) is 0.444. The largest absolute Gasteiger partial charge is 0.477 e. The van der Waals surface area contributed by atoms with Crippen LogP contribution in [0.2, 0.25) is 0 Å². The van der Waals surface area contributed by atoms with E-state index in [1.54, 1.807) is 6.07 Å². The Hall–Kier alpha value is -0.870. The molecule has 1 aliphatic rings. The maximum absolute atomic E-state index is 10.6. The average Bonchev–Trinajstić information content (AvgIpc) is 2.75.